The van der Waals surface area contributed by atoms with Crippen LogP contribution in [0.15, 0.2) is 48.5 Å². The molecular formula is C27H37N3O6S. The predicted molar refractivity (Wildman–Crippen MR) is 143 cm³/mol. The van der Waals surface area contributed by atoms with Gasteiger partial charge in [-0.15, -0.1) is 0 Å². The monoisotopic (exact) mass is 531 g/mol. The summed E-state index contributed by atoms with van der Waals surface area (Å²) in [6.45, 7) is 6.31. The molecule has 37 heavy (non-hydrogen) atoms. The van der Waals surface area contributed by atoms with Crippen LogP contribution in [0.5, 0.6) is 11.5 Å². The van der Waals surface area contributed by atoms with Crippen LogP contribution in [0.1, 0.15) is 52.0 Å². The summed E-state index contributed by atoms with van der Waals surface area (Å²) >= 11 is 0. The third-order valence-electron chi connectivity index (χ3n) is 6.38. The Morgan fingerprint density at radius 2 is 1.73 bits per heavy atom. The van der Waals surface area contributed by atoms with Gasteiger partial charge in [-0.1, -0.05) is 44.2 Å². The number of nitrogens with one attached hydrogen (secondary N) is 1. The minimum atomic E-state index is -3.61. The maximum atomic E-state index is 13.5. The second-order valence-electron chi connectivity index (χ2n) is 9.23. The number of hydrogen-bond acceptors (Lipinski definition) is 6. The number of nitrogens with zero attached hydrogens (tertiary/aromatic N) is 2. The van der Waals surface area contributed by atoms with Crippen LogP contribution in [0.3, 0.4) is 0 Å². The molecule has 10 heteroatoms. The van der Waals surface area contributed by atoms with Gasteiger partial charge in [0.1, 0.15) is 6.04 Å². The molecule has 1 N–H and O–H groups in total. The number of carbonyl (C=O) groups excluding carboxylic acids is 2. The van der Waals surface area contributed by atoms with Crippen molar-refractivity contribution in [2.45, 2.75) is 65.1 Å². The SMILES string of the molecule is CC[C@@H](C)NC(=O)[C@@H](CC)N(Cc1ccccc1)C(=O)CCCN(c1ccc2c(c1)OCO2)S(C)(=O)=O. The van der Waals surface area contributed by atoms with E-state index in [2.05, 4.69) is 5.32 Å². The van der Waals surface area contributed by atoms with E-state index in [0.29, 0.717) is 30.2 Å². The van der Waals surface area contributed by atoms with Crippen molar-refractivity contribution in [1.82, 2.24) is 10.2 Å². The van der Waals surface area contributed by atoms with Crippen molar-refractivity contribution in [2.75, 3.05) is 23.9 Å². The molecule has 1 aliphatic rings. The third-order valence-corrected chi connectivity index (χ3v) is 7.57. The Kier molecular flexibility index (Phi) is 9.79. The average Bonchev–Trinajstić information content (AvgIpc) is 3.34. The van der Waals surface area contributed by atoms with Crippen LogP contribution >= 0.6 is 0 Å². The van der Waals surface area contributed by atoms with E-state index in [4.69, 9.17) is 9.47 Å². The lowest BCUT2D eigenvalue weighted by molar-refractivity contribution is -0.141. The molecule has 0 aromatic heterocycles. The highest BCUT2D eigenvalue weighted by molar-refractivity contribution is 7.92. The summed E-state index contributed by atoms with van der Waals surface area (Å²) in [6, 6.07) is 13.9. The molecule has 0 radical (unpaired) electrons. The van der Waals surface area contributed by atoms with Gasteiger partial charge in [0.15, 0.2) is 11.5 Å². The largest absolute Gasteiger partial charge is 0.454 e. The van der Waals surface area contributed by atoms with E-state index in [9.17, 15) is 18.0 Å². The van der Waals surface area contributed by atoms with E-state index < -0.39 is 16.1 Å². The lowest BCUT2D eigenvalue weighted by Gasteiger charge is -2.32. The standard InChI is InChI=1S/C27H37N3O6S/c1-5-20(3)28-27(32)23(6-2)29(18-21-11-8-7-9-12-21)26(31)13-10-16-30(37(4,33)34)22-14-15-24-25(17-22)36-19-35-24/h7-9,11-12,14-15,17,20,23H,5-6,10,13,16,18-19H2,1-4H3,(H,28,32)/t20-,23-/m1/s1. The van der Waals surface area contributed by atoms with Gasteiger partial charge in [-0.25, -0.2) is 8.42 Å². The number of fused-ring (bicyclic) bond motifs is 1. The molecule has 0 bridgehead atoms. The predicted octanol–water partition coefficient (Wildman–Crippen LogP) is 3.68. The molecule has 0 saturated heterocycles. The van der Waals surface area contributed by atoms with Gasteiger partial charge < -0.3 is 19.7 Å². The summed E-state index contributed by atoms with van der Waals surface area (Å²) in [5, 5.41) is 3.00. The summed E-state index contributed by atoms with van der Waals surface area (Å²) in [5.41, 5.74) is 1.36. The lowest BCUT2D eigenvalue weighted by atomic mass is 10.1. The molecule has 0 fully saturated rings. The lowest BCUT2D eigenvalue weighted by Crippen LogP contribution is -2.50. The van der Waals surface area contributed by atoms with Crippen LogP contribution < -0.4 is 19.1 Å². The van der Waals surface area contributed by atoms with Gasteiger partial charge in [0, 0.05) is 31.6 Å². The first-order valence-electron chi connectivity index (χ1n) is 12.6. The maximum absolute atomic E-state index is 13.5. The Bertz CT molecular complexity index is 1170. The van der Waals surface area contributed by atoms with Crippen LogP contribution in [-0.2, 0) is 26.2 Å². The Hall–Kier alpha value is -3.27. The van der Waals surface area contributed by atoms with Crippen molar-refractivity contribution in [2.24, 2.45) is 0 Å². The van der Waals surface area contributed by atoms with Crippen molar-refractivity contribution in [3.8, 4) is 11.5 Å². The molecule has 2 aromatic carbocycles. The highest BCUT2D eigenvalue weighted by Gasteiger charge is 2.29. The molecule has 2 aromatic rings. The maximum Gasteiger partial charge on any atom is 0.243 e. The fraction of sp³-hybridized carbons (Fsp3) is 0.481. The molecule has 3 rings (SSSR count). The summed E-state index contributed by atoms with van der Waals surface area (Å²) in [7, 11) is -3.61. The second kappa shape index (κ2) is 12.8. The van der Waals surface area contributed by atoms with E-state index in [1.54, 1.807) is 23.1 Å². The Balaban J connectivity index is 1.75. The highest BCUT2D eigenvalue weighted by Crippen LogP contribution is 2.36. The number of rotatable bonds is 13. The van der Waals surface area contributed by atoms with Crippen LogP contribution in [0.4, 0.5) is 5.69 Å². The second-order valence-corrected chi connectivity index (χ2v) is 11.1. The molecule has 0 aliphatic carbocycles. The summed E-state index contributed by atoms with van der Waals surface area (Å²) in [4.78, 5) is 28.1. The number of amides is 2. The number of hydrogen-bond donors (Lipinski definition) is 1. The number of carbonyl (C=O) groups is 2. The van der Waals surface area contributed by atoms with Crippen molar-refractivity contribution < 1.29 is 27.5 Å². The first kappa shape index (κ1) is 28.3. The molecule has 0 spiro atoms. The van der Waals surface area contributed by atoms with Gasteiger partial charge in [-0.3, -0.25) is 13.9 Å². The molecule has 0 unspecified atom stereocenters. The quantitative estimate of drug-likeness (QED) is 0.423. The molecule has 0 saturated carbocycles. The average molecular weight is 532 g/mol. The topological polar surface area (TPSA) is 105 Å². The summed E-state index contributed by atoms with van der Waals surface area (Å²) < 4.78 is 37.1. The van der Waals surface area contributed by atoms with Gasteiger partial charge in [0.05, 0.1) is 11.9 Å². The van der Waals surface area contributed by atoms with Crippen molar-refractivity contribution in [1.29, 1.82) is 0 Å². The van der Waals surface area contributed by atoms with Gasteiger partial charge in [-0.05, 0) is 43.9 Å². The molecule has 202 valence electrons. The summed E-state index contributed by atoms with van der Waals surface area (Å²) in [6.07, 6.45) is 2.77. The van der Waals surface area contributed by atoms with Crippen molar-refractivity contribution in [3.63, 3.8) is 0 Å². The van der Waals surface area contributed by atoms with Crippen LogP contribution in [0.2, 0.25) is 0 Å². The van der Waals surface area contributed by atoms with Crippen LogP contribution in [0, 0.1) is 0 Å². The molecule has 2 amide bonds. The van der Waals surface area contributed by atoms with Gasteiger partial charge >= 0.3 is 0 Å². The first-order chi connectivity index (χ1) is 17.6. The van der Waals surface area contributed by atoms with Gasteiger partial charge in [0.25, 0.3) is 0 Å². The van der Waals surface area contributed by atoms with Gasteiger partial charge in [-0.2, -0.15) is 0 Å². The normalized spacial score (nSPS) is 14.1. The van der Waals surface area contributed by atoms with Crippen molar-refractivity contribution >= 4 is 27.5 Å². The molecular weight excluding hydrogens is 494 g/mol. The first-order valence-corrected chi connectivity index (χ1v) is 14.5. The minimum Gasteiger partial charge on any atom is -0.454 e. The van der Waals surface area contributed by atoms with E-state index >= 15 is 0 Å². The number of ether oxygens (including phenoxy) is 2. The zero-order valence-corrected chi connectivity index (χ0v) is 22.8. The highest BCUT2D eigenvalue weighted by atomic mass is 32.2. The van der Waals surface area contributed by atoms with E-state index in [1.807, 2.05) is 51.1 Å². The molecule has 1 aliphatic heterocycles. The Morgan fingerprint density at radius 3 is 2.38 bits per heavy atom. The number of anilines is 1. The Labute approximate surface area is 219 Å². The van der Waals surface area contributed by atoms with E-state index in [1.165, 1.54) is 4.31 Å². The Morgan fingerprint density at radius 1 is 1.03 bits per heavy atom. The molecule has 1 heterocycles. The zero-order valence-electron chi connectivity index (χ0n) is 22.0. The van der Waals surface area contributed by atoms with Crippen LogP contribution in [0.25, 0.3) is 0 Å². The fourth-order valence-corrected chi connectivity index (χ4v) is 5.14. The van der Waals surface area contributed by atoms with E-state index in [-0.39, 0.29) is 44.0 Å². The van der Waals surface area contributed by atoms with E-state index in [0.717, 1.165) is 18.2 Å². The smallest absolute Gasteiger partial charge is 0.243 e. The minimum absolute atomic E-state index is 0.000229. The molecule has 2 atom stereocenters. The third kappa shape index (κ3) is 7.61. The number of sulfonamides is 1. The summed E-state index contributed by atoms with van der Waals surface area (Å²) in [5.74, 6) is 0.660. The van der Waals surface area contributed by atoms with Crippen molar-refractivity contribution in [3.05, 3.63) is 54.1 Å². The zero-order chi connectivity index (χ0) is 27.0. The molecule has 9 nitrogen and oxygen atoms in total. The van der Waals surface area contributed by atoms with Crippen LogP contribution in [-0.4, -0.2) is 56.8 Å². The number of benzene rings is 2. The van der Waals surface area contributed by atoms with Gasteiger partial charge in [0.2, 0.25) is 28.6 Å². The fourth-order valence-electron chi connectivity index (χ4n) is 4.18.